The van der Waals surface area contributed by atoms with E-state index in [-0.39, 0.29) is 24.4 Å². The van der Waals surface area contributed by atoms with Crippen molar-refractivity contribution in [2.24, 2.45) is 0 Å². The molecule has 2 atom stereocenters. The van der Waals surface area contributed by atoms with E-state index in [0.29, 0.717) is 12.8 Å². The van der Waals surface area contributed by atoms with Gasteiger partial charge in [0.25, 0.3) is 0 Å². The number of carboxylic acids is 1. The van der Waals surface area contributed by atoms with Gasteiger partial charge in [0, 0.05) is 12.5 Å². The Balaban J connectivity index is 2.14. The van der Waals surface area contributed by atoms with E-state index in [1.165, 1.54) is 0 Å². The molecule has 1 aliphatic heterocycles. The second kappa shape index (κ2) is 6.48. The molecule has 0 bridgehead atoms. The van der Waals surface area contributed by atoms with Gasteiger partial charge in [-0.15, -0.1) is 0 Å². The van der Waals surface area contributed by atoms with Crippen LogP contribution in [0, 0.1) is 0 Å². The number of aliphatic carboxylic acids is 1. The molecule has 1 saturated heterocycles. The molecule has 1 heterocycles. The Morgan fingerprint density at radius 2 is 2.31 bits per heavy atom. The van der Waals surface area contributed by atoms with Crippen LogP contribution < -0.4 is 10.6 Å². The van der Waals surface area contributed by atoms with Crippen LogP contribution in [0.2, 0.25) is 0 Å². The molecule has 0 aromatic heterocycles. The van der Waals surface area contributed by atoms with Crippen LogP contribution in [-0.4, -0.2) is 35.6 Å². The van der Waals surface area contributed by atoms with Crippen molar-refractivity contribution in [3.05, 3.63) is 0 Å². The van der Waals surface area contributed by atoms with Crippen LogP contribution in [0.1, 0.15) is 39.0 Å². The summed E-state index contributed by atoms with van der Waals surface area (Å²) >= 11 is 0. The van der Waals surface area contributed by atoms with Gasteiger partial charge in [0.05, 0.1) is 6.04 Å². The minimum absolute atomic E-state index is 0.0420. The second-order valence-corrected chi connectivity index (χ2v) is 4.34. The Hall–Kier alpha value is -1.10. The Morgan fingerprint density at radius 3 is 2.88 bits per heavy atom. The van der Waals surface area contributed by atoms with E-state index < -0.39 is 5.97 Å². The number of amides is 1. The molecule has 16 heavy (non-hydrogen) atoms. The summed E-state index contributed by atoms with van der Waals surface area (Å²) in [7, 11) is 0. The Bertz CT molecular complexity index is 250. The fourth-order valence-electron chi connectivity index (χ4n) is 1.88. The molecule has 5 nitrogen and oxygen atoms in total. The predicted molar refractivity (Wildman–Crippen MR) is 60.1 cm³/mol. The molecule has 1 unspecified atom stereocenters. The molecule has 0 saturated carbocycles. The first-order chi connectivity index (χ1) is 7.59. The van der Waals surface area contributed by atoms with Crippen molar-refractivity contribution < 1.29 is 14.7 Å². The average Bonchev–Trinajstić information content (AvgIpc) is 2.69. The maximum Gasteiger partial charge on any atom is 0.303 e. The lowest BCUT2D eigenvalue weighted by Gasteiger charge is -2.16. The number of nitrogens with one attached hydrogen (secondary N) is 2. The van der Waals surface area contributed by atoms with E-state index in [1.807, 2.05) is 6.92 Å². The predicted octanol–water partition coefficient (Wildman–Crippen LogP) is 0.498. The summed E-state index contributed by atoms with van der Waals surface area (Å²) in [6, 6.07) is -0.00354. The summed E-state index contributed by atoms with van der Waals surface area (Å²) in [6.07, 6.45) is 3.43. The molecule has 5 heteroatoms. The van der Waals surface area contributed by atoms with Gasteiger partial charge < -0.3 is 15.7 Å². The van der Waals surface area contributed by atoms with Gasteiger partial charge in [-0.05, 0) is 39.2 Å². The van der Waals surface area contributed by atoms with Crippen molar-refractivity contribution in [3.8, 4) is 0 Å². The number of rotatable bonds is 6. The third-order valence-corrected chi connectivity index (χ3v) is 2.79. The number of hydrogen-bond donors (Lipinski definition) is 3. The maximum atomic E-state index is 11.7. The van der Waals surface area contributed by atoms with Crippen LogP contribution in [0.3, 0.4) is 0 Å². The van der Waals surface area contributed by atoms with E-state index in [4.69, 9.17) is 5.11 Å². The highest BCUT2D eigenvalue weighted by atomic mass is 16.4. The first-order valence-electron chi connectivity index (χ1n) is 5.85. The van der Waals surface area contributed by atoms with Gasteiger partial charge in [-0.2, -0.15) is 0 Å². The van der Waals surface area contributed by atoms with Gasteiger partial charge in [0.2, 0.25) is 5.91 Å². The second-order valence-electron chi connectivity index (χ2n) is 4.34. The lowest BCUT2D eigenvalue weighted by Crippen LogP contribution is -2.44. The molecule has 1 aliphatic rings. The first kappa shape index (κ1) is 13.0. The normalized spacial score (nSPS) is 21.7. The van der Waals surface area contributed by atoms with Crippen molar-refractivity contribution in [2.45, 2.75) is 51.1 Å². The van der Waals surface area contributed by atoms with E-state index in [9.17, 15) is 9.59 Å². The standard InChI is InChI=1S/C11H20N2O3/c1-8(4-2-6-10(14)15)13-11(16)9-5-3-7-12-9/h8-9,12H,2-7H2,1H3,(H,13,16)(H,14,15)/t8?,9-/m1/s1. The van der Waals surface area contributed by atoms with Crippen LogP contribution in [-0.2, 0) is 9.59 Å². The van der Waals surface area contributed by atoms with Gasteiger partial charge in [-0.25, -0.2) is 0 Å². The van der Waals surface area contributed by atoms with Crippen molar-refractivity contribution >= 4 is 11.9 Å². The molecular weight excluding hydrogens is 208 g/mol. The maximum absolute atomic E-state index is 11.7. The highest BCUT2D eigenvalue weighted by Crippen LogP contribution is 2.06. The molecule has 1 rings (SSSR count). The zero-order chi connectivity index (χ0) is 12.0. The summed E-state index contributed by atoms with van der Waals surface area (Å²) in [5.41, 5.74) is 0. The van der Waals surface area contributed by atoms with E-state index in [2.05, 4.69) is 10.6 Å². The number of carboxylic acid groups (broad SMARTS) is 1. The quantitative estimate of drug-likeness (QED) is 0.618. The zero-order valence-corrected chi connectivity index (χ0v) is 9.66. The lowest BCUT2D eigenvalue weighted by atomic mass is 10.1. The Morgan fingerprint density at radius 1 is 1.56 bits per heavy atom. The molecule has 92 valence electrons. The third kappa shape index (κ3) is 4.61. The van der Waals surface area contributed by atoms with Gasteiger partial charge >= 0.3 is 5.97 Å². The summed E-state index contributed by atoms with van der Waals surface area (Å²) in [5, 5.41) is 14.5. The molecule has 0 aliphatic carbocycles. The first-order valence-corrected chi connectivity index (χ1v) is 5.85. The lowest BCUT2D eigenvalue weighted by molar-refractivity contribution is -0.137. The van der Waals surface area contributed by atoms with Crippen molar-refractivity contribution in [1.29, 1.82) is 0 Å². The number of hydrogen-bond acceptors (Lipinski definition) is 3. The minimum atomic E-state index is -0.781. The van der Waals surface area contributed by atoms with Crippen molar-refractivity contribution in [2.75, 3.05) is 6.54 Å². The van der Waals surface area contributed by atoms with Crippen molar-refractivity contribution in [1.82, 2.24) is 10.6 Å². The fraction of sp³-hybridized carbons (Fsp3) is 0.818. The van der Waals surface area contributed by atoms with Crippen molar-refractivity contribution in [3.63, 3.8) is 0 Å². The largest absolute Gasteiger partial charge is 0.481 e. The SMILES string of the molecule is CC(CCCC(=O)O)NC(=O)[C@H]1CCCN1. The van der Waals surface area contributed by atoms with Crippen LogP contribution in [0.4, 0.5) is 0 Å². The topological polar surface area (TPSA) is 78.4 Å². The van der Waals surface area contributed by atoms with E-state index in [0.717, 1.165) is 19.4 Å². The smallest absolute Gasteiger partial charge is 0.303 e. The average molecular weight is 228 g/mol. The van der Waals surface area contributed by atoms with Gasteiger partial charge in [0.15, 0.2) is 0 Å². The number of carbonyl (C=O) groups is 2. The highest BCUT2D eigenvalue weighted by Gasteiger charge is 2.22. The van der Waals surface area contributed by atoms with Gasteiger partial charge in [-0.1, -0.05) is 0 Å². The third-order valence-electron chi connectivity index (χ3n) is 2.79. The molecular formula is C11H20N2O3. The summed E-state index contributed by atoms with van der Waals surface area (Å²) in [6.45, 7) is 2.82. The molecule has 0 spiro atoms. The summed E-state index contributed by atoms with van der Waals surface area (Å²) in [4.78, 5) is 22.0. The fourth-order valence-corrected chi connectivity index (χ4v) is 1.88. The van der Waals surface area contributed by atoms with Crippen LogP contribution >= 0.6 is 0 Å². The monoisotopic (exact) mass is 228 g/mol. The molecule has 0 radical (unpaired) electrons. The molecule has 0 aromatic rings. The summed E-state index contributed by atoms with van der Waals surface area (Å²) < 4.78 is 0. The van der Waals surface area contributed by atoms with E-state index in [1.54, 1.807) is 0 Å². The molecule has 3 N–H and O–H groups in total. The van der Waals surface area contributed by atoms with Gasteiger partial charge in [-0.3, -0.25) is 9.59 Å². The Kier molecular flexibility index (Phi) is 5.25. The zero-order valence-electron chi connectivity index (χ0n) is 9.66. The van der Waals surface area contributed by atoms with Crippen LogP contribution in [0.15, 0.2) is 0 Å². The minimum Gasteiger partial charge on any atom is -0.481 e. The van der Waals surface area contributed by atoms with Gasteiger partial charge in [0.1, 0.15) is 0 Å². The Labute approximate surface area is 95.6 Å². The molecule has 0 aromatic carbocycles. The number of carbonyl (C=O) groups excluding carboxylic acids is 1. The van der Waals surface area contributed by atoms with Crippen LogP contribution in [0.25, 0.3) is 0 Å². The summed E-state index contributed by atoms with van der Waals surface area (Å²) in [5.74, 6) is -0.740. The van der Waals surface area contributed by atoms with Crippen LogP contribution in [0.5, 0.6) is 0 Å². The van der Waals surface area contributed by atoms with E-state index >= 15 is 0 Å². The molecule has 1 amide bonds. The highest BCUT2D eigenvalue weighted by molar-refractivity contribution is 5.82. The molecule has 1 fully saturated rings.